The molecule has 0 aromatic heterocycles. The molecule has 0 amide bonds. The molecule has 2 atom stereocenters. The van der Waals surface area contributed by atoms with Crippen LogP contribution in [-0.4, -0.2) is 5.78 Å². The van der Waals surface area contributed by atoms with Crippen LogP contribution in [0.1, 0.15) is 40.0 Å². The molecule has 0 aromatic carbocycles. The van der Waals surface area contributed by atoms with Gasteiger partial charge in [0.25, 0.3) is 0 Å². The Bertz CT molecular complexity index is 217. The molecule has 0 aromatic rings. The van der Waals surface area contributed by atoms with Crippen molar-refractivity contribution in [3.05, 3.63) is 0 Å². The highest BCUT2D eigenvalue weighted by Gasteiger charge is 2.71. The number of carbonyl (C=O) groups is 1. The van der Waals surface area contributed by atoms with Gasteiger partial charge in [0.05, 0.1) is 0 Å². The van der Waals surface area contributed by atoms with E-state index in [2.05, 4.69) is 20.8 Å². The van der Waals surface area contributed by atoms with Crippen molar-refractivity contribution in [3.8, 4) is 0 Å². The quantitative estimate of drug-likeness (QED) is 0.521. The highest BCUT2D eigenvalue weighted by Crippen LogP contribution is 2.72. The van der Waals surface area contributed by atoms with Crippen LogP contribution in [0.3, 0.4) is 0 Å². The second-order valence-electron chi connectivity index (χ2n) is 4.79. The smallest absolute Gasteiger partial charge is 0.139 e. The summed E-state index contributed by atoms with van der Waals surface area (Å²) < 4.78 is 0. The third kappa shape index (κ3) is 0.605. The minimum absolute atomic E-state index is 0.0608. The molecule has 11 heavy (non-hydrogen) atoms. The molecule has 0 aliphatic heterocycles. The van der Waals surface area contributed by atoms with Crippen molar-refractivity contribution >= 4 is 5.78 Å². The van der Waals surface area contributed by atoms with Crippen LogP contribution < -0.4 is 0 Å². The maximum absolute atomic E-state index is 11.6. The first kappa shape index (κ1) is 7.33. The topological polar surface area (TPSA) is 17.1 Å². The van der Waals surface area contributed by atoms with Crippen molar-refractivity contribution in [1.29, 1.82) is 0 Å². The first-order valence-electron chi connectivity index (χ1n) is 4.54. The van der Waals surface area contributed by atoms with E-state index in [0.29, 0.717) is 17.1 Å². The monoisotopic (exact) mass is 152 g/mol. The summed E-state index contributed by atoms with van der Waals surface area (Å²) >= 11 is 0. The Morgan fingerprint density at radius 2 is 2.00 bits per heavy atom. The van der Waals surface area contributed by atoms with E-state index in [1.807, 2.05) is 0 Å². The highest BCUT2D eigenvalue weighted by molar-refractivity contribution is 5.90. The van der Waals surface area contributed by atoms with E-state index in [0.717, 1.165) is 12.8 Å². The van der Waals surface area contributed by atoms with Crippen molar-refractivity contribution in [2.24, 2.45) is 16.7 Å². The minimum atomic E-state index is 0.0608. The summed E-state index contributed by atoms with van der Waals surface area (Å²) in [6, 6.07) is 0. The van der Waals surface area contributed by atoms with Gasteiger partial charge in [0.15, 0.2) is 0 Å². The SMILES string of the molecule is CC1(C)C2CCCC(=O)C21C. The molecule has 62 valence electrons. The zero-order valence-corrected chi connectivity index (χ0v) is 7.61. The largest absolute Gasteiger partial charge is 0.299 e. The van der Waals surface area contributed by atoms with Crippen LogP contribution in [0.2, 0.25) is 0 Å². The lowest BCUT2D eigenvalue weighted by molar-refractivity contribution is -0.126. The normalized spacial score (nSPS) is 46.8. The molecule has 2 aliphatic carbocycles. The van der Waals surface area contributed by atoms with E-state index in [1.165, 1.54) is 6.42 Å². The molecular formula is C10H16O. The maximum Gasteiger partial charge on any atom is 0.139 e. The number of hydrogen-bond acceptors (Lipinski definition) is 1. The Morgan fingerprint density at radius 3 is 2.45 bits per heavy atom. The van der Waals surface area contributed by atoms with Gasteiger partial charge in [0.1, 0.15) is 5.78 Å². The predicted molar refractivity (Wildman–Crippen MR) is 44.2 cm³/mol. The van der Waals surface area contributed by atoms with Gasteiger partial charge in [-0.05, 0) is 24.2 Å². The van der Waals surface area contributed by atoms with E-state index in [9.17, 15) is 4.79 Å². The summed E-state index contributed by atoms with van der Waals surface area (Å²) in [4.78, 5) is 11.6. The van der Waals surface area contributed by atoms with Crippen LogP contribution >= 0.6 is 0 Å². The van der Waals surface area contributed by atoms with Crippen LogP contribution in [0.4, 0.5) is 0 Å². The fourth-order valence-electron chi connectivity index (χ4n) is 3.03. The van der Waals surface area contributed by atoms with Gasteiger partial charge in [-0.1, -0.05) is 20.8 Å². The van der Waals surface area contributed by atoms with Crippen molar-refractivity contribution < 1.29 is 4.79 Å². The summed E-state index contributed by atoms with van der Waals surface area (Å²) in [6.45, 7) is 6.63. The van der Waals surface area contributed by atoms with Crippen LogP contribution in [0, 0.1) is 16.7 Å². The zero-order chi connectivity index (χ0) is 8.28. The zero-order valence-electron chi connectivity index (χ0n) is 7.61. The van der Waals surface area contributed by atoms with Gasteiger partial charge < -0.3 is 0 Å². The highest BCUT2D eigenvalue weighted by atomic mass is 16.1. The molecule has 2 aliphatic rings. The molecule has 2 fully saturated rings. The first-order chi connectivity index (χ1) is 5.01. The Labute approximate surface area is 68.2 Å². The standard InChI is InChI=1S/C10H16O/c1-9(2)7-5-4-6-8(11)10(7,9)3/h7H,4-6H2,1-3H3. The third-order valence-corrected chi connectivity index (χ3v) is 4.30. The van der Waals surface area contributed by atoms with Gasteiger partial charge in [-0.3, -0.25) is 4.79 Å². The summed E-state index contributed by atoms with van der Waals surface area (Å²) in [5, 5.41) is 0. The molecule has 0 spiro atoms. The molecule has 1 nitrogen and oxygen atoms in total. The second kappa shape index (κ2) is 1.70. The number of ketones is 1. The third-order valence-electron chi connectivity index (χ3n) is 4.30. The Morgan fingerprint density at radius 1 is 1.36 bits per heavy atom. The van der Waals surface area contributed by atoms with E-state index in [1.54, 1.807) is 0 Å². The number of fused-ring (bicyclic) bond motifs is 1. The number of rotatable bonds is 0. The van der Waals surface area contributed by atoms with Crippen LogP contribution in [0.15, 0.2) is 0 Å². The average Bonchev–Trinajstić information content (AvgIpc) is 2.35. The Hall–Kier alpha value is -0.330. The molecule has 1 heteroatoms. The fourth-order valence-corrected chi connectivity index (χ4v) is 3.03. The molecule has 2 saturated carbocycles. The van der Waals surface area contributed by atoms with Gasteiger partial charge in [0.2, 0.25) is 0 Å². The maximum atomic E-state index is 11.6. The van der Waals surface area contributed by atoms with Gasteiger partial charge in [-0.25, -0.2) is 0 Å². The van der Waals surface area contributed by atoms with Crippen molar-refractivity contribution in [1.82, 2.24) is 0 Å². The lowest BCUT2D eigenvalue weighted by Gasteiger charge is -2.15. The van der Waals surface area contributed by atoms with Crippen molar-refractivity contribution in [3.63, 3.8) is 0 Å². The van der Waals surface area contributed by atoms with Gasteiger partial charge >= 0.3 is 0 Å². The second-order valence-corrected chi connectivity index (χ2v) is 4.79. The van der Waals surface area contributed by atoms with E-state index in [4.69, 9.17) is 0 Å². The van der Waals surface area contributed by atoms with E-state index >= 15 is 0 Å². The number of Topliss-reactive ketones (excluding diaryl/α,β-unsaturated/α-hetero) is 1. The molecule has 0 saturated heterocycles. The first-order valence-corrected chi connectivity index (χ1v) is 4.54. The molecule has 0 radical (unpaired) electrons. The van der Waals surface area contributed by atoms with E-state index in [-0.39, 0.29) is 5.41 Å². The van der Waals surface area contributed by atoms with Crippen LogP contribution in [-0.2, 0) is 4.79 Å². The molecule has 0 heterocycles. The summed E-state index contributed by atoms with van der Waals surface area (Å²) in [7, 11) is 0. The fraction of sp³-hybridized carbons (Fsp3) is 0.900. The summed E-state index contributed by atoms with van der Waals surface area (Å²) in [5.74, 6) is 1.20. The van der Waals surface area contributed by atoms with Gasteiger partial charge in [-0.2, -0.15) is 0 Å². The lowest BCUT2D eigenvalue weighted by atomic mass is 9.87. The molecule has 0 bridgehead atoms. The molecule has 2 rings (SSSR count). The van der Waals surface area contributed by atoms with Crippen LogP contribution in [0.25, 0.3) is 0 Å². The van der Waals surface area contributed by atoms with Gasteiger partial charge in [0, 0.05) is 11.8 Å². The summed E-state index contributed by atoms with van der Waals surface area (Å²) in [6.07, 6.45) is 3.23. The molecular weight excluding hydrogens is 136 g/mol. The molecule has 2 unspecified atom stereocenters. The minimum Gasteiger partial charge on any atom is -0.299 e. The Kier molecular flexibility index (Phi) is 1.13. The Balaban J connectivity index is 2.32. The van der Waals surface area contributed by atoms with Crippen LogP contribution in [0.5, 0.6) is 0 Å². The van der Waals surface area contributed by atoms with Gasteiger partial charge in [-0.15, -0.1) is 0 Å². The lowest BCUT2D eigenvalue weighted by Crippen LogP contribution is -2.20. The number of carbonyl (C=O) groups excluding carboxylic acids is 1. The predicted octanol–water partition coefficient (Wildman–Crippen LogP) is 2.40. The van der Waals surface area contributed by atoms with Crippen molar-refractivity contribution in [2.45, 2.75) is 40.0 Å². The van der Waals surface area contributed by atoms with Crippen molar-refractivity contribution in [2.75, 3.05) is 0 Å². The number of hydrogen-bond donors (Lipinski definition) is 0. The molecule has 0 N–H and O–H groups in total. The summed E-state index contributed by atoms with van der Waals surface area (Å²) in [5.41, 5.74) is 0.367. The average molecular weight is 152 g/mol. The van der Waals surface area contributed by atoms with E-state index < -0.39 is 0 Å².